The molecule has 14 heavy (non-hydrogen) atoms. The Morgan fingerprint density at radius 1 is 1.50 bits per heavy atom. The maximum Gasteiger partial charge on any atom is 0.164 e. The number of nitrogens with zero attached hydrogens (tertiary/aromatic N) is 1. The second-order valence-electron chi connectivity index (χ2n) is 4.35. The highest BCUT2D eigenvalue weighted by atomic mass is 16.5. The minimum absolute atomic E-state index is 0.0855. The number of Topliss-reactive ketones (excluding diaryl/α,β-unsaturated/α-hetero) is 1. The zero-order chi connectivity index (χ0) is 10.2. The monoisotopic (exact) mass is 191 g/mol. The van der Waals surface area contributed by atoms with Crippen LogP contribution in [0.3, 0.4) is 0 Å². The zero-order valence-electron chi connectivity index (χ0n) is 8.41. The quantitative estimate of drug-likeness (QED) is 0.684. The lowest BCUT2D eigenvalue weighted by atomic mass is 9.78. The third kappa shape index (κ3) is 1.62. The van der Waals surface area contributed by atoms with E-state index < -0.39 is 0 Å². The summed E-state index contributed by atoms with van der Waals surface area (Å²) in [6, 6.07) is 1.73. The standard InChI is InChI=1S/C11H13NO2/c1-11(2)5-3-10(13)8(7-11)9-4-6-14-12-9/h4,6-7H,3,5H2,1-2H3. The molecule has 3 nitrogen and oxygen atoms in total. The highest BCUT2D eigenvalue weighted by Gasteiger charge is 2.27. The molecule has 0 radical (unpaired) electrons. The van der Waals surface area contributed by atoms with Crippen molar-refractivity contribution in [3.63, 3.8) is 0 Å². The molecule has 0 saturated heterocycles. The van der Waals surface area contributed by atoms with E-state index in [4.69, 9.17) is 4.52 Å². The summed E-state index contributed by atoms with van der Waals surface area (Å²) in [7, 11) is 0. The van der Waals surface area contributed by atoms with Gasteiger partial charge >= 0.3 is 0 Å². The third-order valence-electron chi connectivity index (χ3n) is 2.55. The molecule has 1 heterocycles. The van der Waals surface area contributed by atoms with E-state index in [1.165, 1.54) is 6.26 Å². The number of ketones is 1. The van der Waals surface area contributed by atoms with Gasteiger partial charge in [-0.3, -0.25) is 4.79 Å². The van der Waals surface area contributed by atoms with Crippen molar-refractivity contribution in [3.05, 3.63) is 24.1 Å². The summed E-state index contributed by atoms with van der Waals surface area (Å²) < 4.78 is 4.74. The summed E-state index contributed by atoms with van der Waals surface area (Å²) in [5.74, 6) is 0.165. The fourth-order valence-electron chi connectivity index (χ4n) is 1.68. The molecule has 0 amide bonds. The van der Waals surface area contributed by atoms with E-state index in [0.717, 1.165) is 6.42 Å². The van der Waals surface area contributed by atoms with Crippen molar-refractivity contribution >= 4 is 11.4 Å². The van der Waals surface area contributed by atoms with Crippen molar-refractivity contribution in [2.45, 2.75) is 26.7 Å². The van der Waals surface area contributed by atoms with Gasteiger partial charge in [-0.15, -0.1) is 0 Å². The molecule has 3 heteroatoms. The first-order valence-corrected chi connectivity index (χ1v) is 4.75. The van der Waals surface area contributed by atoms with Gasteiger partial charge in [0.25, 0.3) is 0 Å². The number of carbonyl (C=O) groups is 1. The molecular formula is C11H13NO2. The van der Waals surface area contributed by atoms with E-state index >= 15 is 0 Å². The van der Waals surface area contributed by atoms with Crippen LogP contribution in [0.4, 0.5) is 0 Å². The van der Waals surface area contributed by atoms with E-state index in [2.05, 4.69) is 19.0 Å². The summed E-state index contributed by atoms with van der Waals surface area (Å²) in [6.45, 7) is 4.25. The Morgan fingerprint density at radius 2 is 2.29 bits per heavy atom. The lowest BCUT2D eigenvalue weighted by molar-refractivity contribution is -0.114. The minimum atomic E-state index is 0.0855. The van der Waals surface area contributed by atoms with Crippen LogP contribution in [-0.2, 0) is 4.79 Å². The van der Waals surface area contributed by atoms with Gasteiger partial charge in [0.2, 0.25) is 0 Å². The van der Waals surface area contributed by atoms with Gasteiger partial charge in [-0.2, -0.15) is 0 Å². The Bertz CT molecular complexity index is 374. The predicted molar refractivity (Wildman–Crippen MR) is 52.5 cm³/mol. The van der Waals surface area contributed by atoms with Gasteiger partial charge in [-0.25, -0.2) is 0 Å². The van der Waals surface area contributed by atoms with Crippen molar-refractivity contribution in [1.29, 1.82) is 0 Å². The van der Waals surface area contributed by atoms with Crippen LogP contribution in [0.5, 0.6) is 0 Å². The molecule has 1 aromatic rings. The van der Waals surface area contributed by atoms with E-state index in [0.29, 0.717) is 17.7 Å². The number of rotatable bonds is 1. The second kappa shape index (κ2) is 3.08. The Balaban J connectivity index is 2.42. The van der Waals surface area contributed by atoms with Crippen molar-refractivity contribution in [1.82, 2.24) is 5.16 Å². The van der Waals surface area contributed by atoms with Gasteiger partial charge in [-0.05, 0) is 11.8 Å². The average molecular weight is 191 g/mol. The van der Waals surface area contributed by atoms with Crippen LogP contribution < -0.4 is 0 Å². The van der Waals surface area contributed by atoms with Crippen LogP contribution in [0.2, 0.25) is 0 Å². The predicted octanol–water partition coefficient (Wildman–Crippen LogP) is 2.45. The lowest BCUT2D eigenvalue weighted by Gasteiger charge is -2.25. The Morgan fingerprint density at radius 3 is 2.93 bits per heavy atom. The molecule has 0 aromatic carbocycles. The molecule has 0 bridgehead atoms. The normalized spacial score (nSPS) is 20.7. The maximum atomic E-state index is 11.6. The van der Waals surface area contributed by atoms with Crippen molar-refractivity contribution in [2.24, 2.45) is 5.41 Å². The Labute approximate surface area is 82.8 Å². The van der Waals surface area contributed by atoms with Crippen LogP contribution in [0.1, 0.15) is 32.4 Å². The summed E-state index contributed by atoms with van der Waals surface area (Å²) in [4.78, 5) is 11.6. The molecule has 0 saturated carbocycles. The first kappa shape index (κ1) is 9.19. The van der Waals surface area contributed by atoms with Gasteiger partial charge in [0.1, 0.15) is 12.0 Å². The summed E-state index contributed by atoms with van der Waals surface area (Å²) in [6.07, 6.45) is 5.00. The number of aromatic nitrogens is 1. The molecule has 0 spiro atoms. The van der Waals surface area contributed by atoms with Crippen molar-refractivity contribution < 1.29 is 9.32 Å². The first-order valence-electron chi connectivity index (χ1n) is 4.75. The van der Waals surface area contributed by atoms with E-state index in [1.807, 2.05) is 6.08 Å². The molecule has 0 N–H and O–H groups in total. The average Bonchev–Trinajstić information content (AvgIpc) is 2.62. The molecule has 1 aliphatic rings. The largest absolute Gasteiger partial charge is 0.364 e. The molecule has 1 aromatic heterocycles. The second-order valence-corrected chi connectivity index (χ2v) is 4.35. The fourth-order valence-corrected chi connectivity index (χ4v) is 1.68. The summed E-state index contributed by atoms with van der Waals surface area (Å²) in [5.41, 5.74) is 1.44. The van der Waals surface area contributed by atoms with Crippen LogP contribution in [0.15, 0.2) is 22.9 Å². The van der Waals surface area contributed by atoms with Gasteiger partial charge in [0.05, 0.1) is 0 Å². The minimum Gasteiger partial charge on any atom is -0.364 e. The molecule has 0 atom stereocenters. The number of carbonyl (C=O) groups excluding carboxylic acids is 1. The van der Waals surface area contributed by atoms with Crippen molar-refractivity contribution in [3.8, 4) is 0 Å². The van der Waals surface area contributed by atoms with Gasteiger partial charge < -0.3 is 4.52 Å². The highest BCUT2D eigenvalue weighted by Crippen LogP contribution is 2.34. The topological polar surface area (TPSA) is 43.1 Å². The first-order chi connectivity index (χ1) is 6.58. The van der Waals surface area contributed by atoms with E-state index in [1.54, 1.807) is 6.07 Å². The van der Waals surface area contributed by atoms with Crippen LogP contribution >= 0.6 is 0 Å². The molecular weight excluding hydrogens is 178 g/mol. The Hall–Kier alpha value is -1.38. The highest BCUT2D eigenvalue weighted by molar-refractivity contribution is 6.20. The summed E-state index contributed by atoms with van der Waals surface area (Å²) in [5, 5.41) is 3.79. The SMILES string of the molecule is CC1(C)C=C(c2ccon2)C(=O)CC1. The van der Waals surface area contributed by atoms with Crippen LogP contribution in [0.25, 0.3) is 5.57 Å². The maximum absolute atomic E-state index is 11.6. The van der Waals surface area contributed by atoms with Gasteiger partial charge in [-0.1, -0.05) is 25.1 Å². The molecule has 74 valence electrons. The lowest BCUT2D eigenvalue weighted by Crippen LogP contribution is -2.19. The van der Waals surface area contributed by atoms with E-state index in [9.17, 15) is 4.79 Å². The van der Waals surface area contributed by atoms with Gasteiger partial charge in [0.15, 0.2) is 5.78 Å². The van der Waals surface area contributed by atoms with E-state index in [-0.39, 0.29) is 11.2 Å². The van der Waals surface area contributed by atoms with Crippen molar-refractivity contribution in [2.75, 3.05) is 0 Å². The van der Waals surface area contributed by atoms with Gasteiger partial charge in [0, 0.05) is 18.1 Å². The zero-order valence-corrected chi connectivity index (χ0v) is 8.41. The summed E-state index contributed by atoms with van der Waals surface area (Å²) >= 11 is 0. The molecule has 1 aliphatic carbocycles. The third-order valence-corrected chi connectivity index (χ3v) is 2.55. The number of allylic oxidation sites excluding steroid dienone is 2. The van der Waals surface area contributed by atoms with Crippen LogP contribution in [0, 0.1) is 5.41 Å². The fraction of sp³-hybridized carbons (Fsp3) is 0.455. The molecule has 0 unspecified atom stereocenters. The number of hydrogen-bond acceptors (Lipinski definition) is 3. The smallest absolute Gasteiger partial charge is 0.164 e. The molecule has 0 aliphatic heterocycles. The number of hydrogen-bond donors (Lipinski definition) is 0. The molecule has 2 rings (SSSR count). The Kier molecular flexibility index (Phi) is 2.02. The molecule has 0 fully saturated rings. The van der Waals surface area contributed by atoms with Crippen LogP contribution in [-0.4, -0.2) is 10.9 Å².